The molecule has 7 heteroatoms. The molecule has 2 saturated heterocycles. The summed E-state index contributed by atoms with van der Waals surface area (Å²) in [4.78, 5) is 18.5. The highest BCUT2D eigenvalue weighted by Gasteiger charge is 2.40. The van der Waals surface area contributed by atoms with Crippen molar-refractivity contribution in [2.75, 3.05) is 13.2 Å². The maximum atomic E-state index is 11.4. The summed E-state index contributed by atoms with van der Waals surface area (Å²) in [5, 5.41) is 3.76. The summed E-state index contributed by atoms with van der Waals surface area (Å²) >= 11 is 1.56. The predicted octanol–water partition coefficient (Wildman–Crippen LogP) is 4.91. The van der Waals surface area contributed by atoms with E-state index in [-0.39, 0.29) is 5.91 Å². The van der Waals surface area contributed by atoms with Gasteiger partial charge in [0, 0.05) is 31.6 Å². The number of nitrogens with one attached hydrogen (secondary N) is 1. The maximum Gasteiger partial charge on any atom is 0.279 e. The van der Waals surface area contributed by atoms with E-state index in [1.54, 1.807) is 18.3 Å². The molecular formula is C25H29N3O3S. The van der Waals surface area contributed by atoms with Gasteiger partial charge in [-0.15, -0.1) is 0 Å². The fourth-order valence-corrected chi connectivity index (χ4v) is 6.01. The Hall–Kier alpha value is -2.64. The van der Waals surface area contributed by atoms with E-state index in [1.165, 1.54) is 18.4 Å². The molecule has 3 heterocycles. The molecule has 0 aliphatic carbocycles. The third-order valence-electron chi connectivity index (χ3n) is 6.46. The molecule has 5 rings (SSSR count). The van der Waals surface area contributed by atoms with E-state index in [0.717, 1.165) is 41.1 Å². The summed E-state index contributed by atoms with van der Waals surface area (Å²) in [5.74, 6) is 1.68. The van der Waals surface area contributed by atoms with Crippen LogP contribution in [0.15, 0.2) is 42.5 Å². The largest absolute Gasteiger partial charge is 0.492 e. The molecule has 2 fully saturated rings. The van der Waals surface area contributed by atoms with Crippen LogP contribution < -0.4 is 14.8 Å². The lowest BCUT2D eigenvalue weighted by atomic mass is 9.97. The zero-order valence-electron chi connectivity index (χ0n) is 18.5. The molecule has 0 saturated carbocycles. The van der Waals surface area contributed by atoms with E-state index in [0.29, 0.717) is 29.9 Å². The molecule has 32 heavy (non-hydrogen) atoms. The second-order valence-corrected chi connectivity index (χ2v) is 9.86. The lowest BCUT2D eigenvalue weighted by Gasteiger charge is -2.39. The van der Waals surface area contributed by atoms with Crippen LogP contribution in [0.4, 0.5) is 0 Å². The van der Waals surface area contributed by atoms with E-state index in [9.17, 15) is 4.79 Å². The minimum atomic E-state index is 0.0804. The van der Waals surface area contributed by atoms with Gasteiger partial charge in [0.05, 0.1) is 10.2 Å². The second-order valence-electron chi connectivity index (χ2n) is 8.86. The Labute approximate surface area is 192 Å². The summed E-state index contributed by atoms with van der Waals surface area (Å²) in [7, 11) is 0. The fourth-order valence-electron chi connectivity index (χ4n) is 5.07. The molecule has 2 aliphatic rings. The van der Waals surface area contributed by atoms with Crippen molar-refractivity contribution in [3.63, 3.8) is 0 Å². The zero-order valence-corrected chi connectivity index (χ0v) is 19.4. The van der Waals surface area contributed by atoms with Gasteiger partial charge in [0.25, 0.3) is 5.19 Å². The molecule has 0 spiro atoms. The van der Waals surface area contributed by atoms with Crippen LogP contribution in [0, 0.1) is 6.92 Å². The molecule has 1 aromatic heterocycles. The van der Waals surface area contributed by atoms with Crippen LogP contribution in [-0.2, 0) is 4.79 Å². The van der Waals surface area contributed by atoms with E-state index in [4.69, 9.17) is 9.47 Å². The number of hydrogen-bond donors (Lipinski definition) is 1. The zero-order chi connectivity index (χ0) is 22.1. The second kappa shape index (κ2) is 9.08. The molecule has 2 bridgehead atoms. The summed E-state index contributed by atoms with van der Waals surface area (Å²) in [6, 6.07) is 15.4. The van der Waals surface area contributed by atoms with Gasteiger partial charge >= 0.3 is 0 Å². The number of amides is 1. The van der Waals surface area contributed by atoms with Gasteiger partial charge in [0.2, 0.25) is 5.91 Å². The topological polar surface area (TPSA) is 63.7 Å². The van der Waals surface area contributed by atoms with Gasteiger partial charge in [-0.1, -0.05) is 17.4 Å². The number of carbonyl (C=O) groups excluding carboxylic acids is 1. The molecule has 1 amide bonds. The maximum absolute atomic E-state index is 11.4. The molecule has 2 unspecified atom stereocenters. The van der Waals surface area contributed by atoms with E-state index >= 15 is 0 Å². The third-order valence-corrected chi connectivity index (χ3v) is 7.36. The van der Waals surface area contributed by atoms with Crippen LogP contribution in [0.5, 0.6) is 16.7 Å². The van der Waals surface area contributed by atoms with Crippen LogP contribution in [-0.4, -0.2) is 47.1 Å². The fraction of sp³-hybridized carbons (Fsp3) is 0.440. The average Bonchev–Trinajstić information content (AvgIpc) is 3.25. The van der Waals surface area contributed by atoms with Crippen molar-refractivity contribution in [1.82, 2.24) is 15.2 Å². The first-order valence-corrected chi connectivity index (χ1v) is 12.2. The van der Waals surface area contributed by atoms with Gasteiger partial charge in [-0.3, -0.25) is 9.69 Å². The number of carbonyl (C=O) groups is 1. The van der Waals surface area contributed by atoms with Gasteiger partial charge in [0.15, 0.2) is 0 Å². The van der Waals surface area contributed by atoms with Gasteiger partial charge < -0.3 is 14.8 Å². The Morgan fingerprint density at radius 3 is 2.56 bits per heavy atom. The smallest absolute Gasteiger partial charge is 0.279 e. The van der Waals surface area contributed by atoms with Crippen molar-refractivity contribution in [3.8, 4) is 16.7 Å². The Morgan fingerprint density at radius 2 is 1.84 bits per heavy atom. The van der Waals surface area contributed by atoms with Gasteiger partial charge in [0.1, 0.15) is 18.1 Å². The van der Waals surface area contributed by atoms with Crippen molar-refractivity contribution in [2.24, 2.45) is 0 Å². The quantitative estimate of drug-likeness (QED) is 0.553. The Kier molecular flexibility index (Phi) is 6.02. The number of piperidine rings is 1. The number of thiazole rings is 1. The standard InChI is InChI=1S/C25H29N3O3S/c1-16-3-10-23-24(13-16)32-25(27-23)31-22-8-6-21(7-9-22)30-12-11-28-19-4-5-20(28)15-18(14-19)26-17(2)29/h3,6-10,13,18-20H,4-5,11-12,14-15H2,1-2H3,(H,26,29). The first-order valence-electron chi connectivity index (χ1n) is 11.3. The Balaban J connectivity index is 1.12. The van der Waals surface area contributed by atoms with Gasteiger partial charge in [-0.05, 0) is 74.6 Å². The lowest BCUT2D eigenvalue weighted by Crippen LogP contribution is -2.51. The van der Waals surface area contributed by atoms with Crippen LogP contribution >= 0.6 is 11.3 Å². The molecular weight excluding hydrogens is 422 g/mol. The highest BCUT2D eigenvalue weighted by molar-refractivity contribution is 7.20. The highest BCUT2D eigenvalue weighted by atomic mass is 32.1. The summed E-state index contributed by atoms with van der Waals surface area (Å²) in [6.45, 7) is 5.27. The normalized spacial score (nSPS) is 22.8. The van der Waals surface area contributed by atoms with Crippen molar-refractivity contribution >= 4 is 27.5 Å². The average molecular weight is 452 g/mol. The highest BCUT2D eigenvalue weighted by Crippen LogP contribution is 2.36. The Bertz CT molecular complexity index is 1080. The first-order chi connectivity index (χ1) is 15.5. The monoisotopic (exact) mass is 451 g/mol. The number of ether oxygens (including phenoxy) is 2. The summed E-state index contributed by atoms with van der Waals surface area (Å²) in [6.07, 6.45) is 4.54. The van der Waals surface area contributed by atoms with Crippen molar-refractivity contribution in [2.45, 2.75) is 57.7 Å². The Morgan fingerprint density at radius 1 is 1.12 bits per heavy atom. The van der Waals surface area contributed by atoms with Crippen LogP contribution in [0.2, 0.25) is 0 Å². The molecule has 3 aromatic rings. The predicted molar refractivity (Wildman–Crippen MR) is 127 cm³/mol. The van der Waals surface area contributed by atoms with Gasteiger partial charge in [-0.2, -0.15) is 0 Å². The van der Waals surface area contributed by atoms with Crippen LogP contribution in [0.25, 0.3) is 10.2 Å². The van der Waals surface area contributed by atoms with Crippen LogP contribution in [0.1, 0.15) is 38.2 Å². The SMILES string of the molecule is CC(=O)NC1CC2CCC(C1)N2CCOc1ccc(Oc2nc3ccc(C)cc3s2)cc1. The number of aryl methyl sites for hydroxylation is 1. The molecule has 1 N–H and O–H groups in total. The third kappa shape index (κ3) is 4.74. The minimum absolute atomic E-state index is 0.0804. The van der Waals surface area contributed by atoms with Crippen molar-refractivity contribution in [3.05, 3.63) is 48.0 Å². The number of rotatable bonds is 7. The molecule has 2 atom stereocenters. The van der Waals surface area contributed by atoms with Gasteiger partial charge in [-0.25, -0.2) is 4.98 Å². The van der Waals surface area contributed by atoms with E-state index < -0.39 is 0 Å². The van der Waals surface area contributed by atoms with E-state index in [1.807, 2.05) is 30.3 Å². The summed E-state index contributed by atoms with van der Waals surface area (Å²) in [5.41, 5.74) is 2.19. The first kappa shape index (κ1) is 21.2. The lowest BCUT2D eigenvalue weighted by molar-refractivity contribution is -0.120. The summed E-state index contributed by atoms with van der Waals surface area (Å²) < 4.78 is 13.1. The van der Waals surface area contributed by atoms with Crippen LogP contribution in [0.3, 0.4) is 0 Å². The molecule has 2 aliphatic heterocycles. The molecule has 168 valence electrons. The van der Waals surface area contributed by atoms with E-state index in [2.05, 4.69) is 34.3 Å². The molecule has 0 radical (unpaired) electrons. The molecule has 6 nitrogen and oxygen atoms in total. The number of aromatic nitrogens is 1. The number of fused-ring (bicyclic) bond motifs is 3. The number of nitrogens with zero attached hydrogens (tertiary/aromatic N) is 2. The van der Waals surface area contributed by atoms with Crippen molar-refractivity contribution < 1.29 is 14.3 Å². The minimum Gasteiger partial charge on any atom is -0.492 e. The molecule has 2 aromatic carbocycles. The van der Waals surface area contributed by atoms with Crippen molar-refractivity contribution in [1.29, 1.82) is 0 Å². The number of benzene rings is 2. The number of hydrogen-bond acceptors (Lipinski definition) is 6.